The van der Waals surface area contributed by atoms with Crippen molar-refractivity contribution in [2.24, 2.45) is 0 Å². The van der Waals surface area contributed by atoms with Gasteiger partial charge >= 0.3 is 0 Å². The Labute approximate surface area is 152 Å². The van der Waals surface area contributed by atoms with Crippen LogP contribution in [0, 0.1) is 5.82 Å². The minimum Gasteiger partial charge on any atom is -0.368 e. The SMILES string of the molecule is O=C(NCc1ccccc1F)c1ccc(NCCC2=CCCCC2)nn1. The highest BCUT2D eigenvalue weighted by atomic mass is 19.1. The maximum Gasteiger partial charge on any atom is 0.272 e. The third-order valence-corrected chi connectivity index (χ3v) is 4.43. The summed E-state index contributed by atoms with van der Waals surface area (Å²) in [7, 11) is 0. The summed E-state index contributed by atoms with van der Waals surface area (Å²) in [4.78, 5) is 12.1. The second-order valence-electron chi connectivity index (χ2n) is 6.36. The van der Waals surface area contributed by atoms with Gasteiger partial charge in [-0.25, -0.2) is 4.39 Å². The molecule has 26 heavy (non-hydrogen) atoms. The Morgan fingerprint density at radius 1 is 1.12 bits per heavy atom. The molecule has 136 valence electrons. The summed E-state index contributed by atoms with van der Waals surface area (Å²) in [6, 6.07) is 9.70. The number of allylic oxidation sites excluding steroid dienone is 1. The fraction of sp³-hybridized carbons (Fsp3) is 0.350. The number of rotatable bonds is 7. The zero-order chi connectivity index (χ0) is 18.2. The summed E-state index contributed by atoms with van der Waals surface area (Å²) < 4.78 is 13.6. The van der Waals surface area contributed by atoms with E-state index < -0.39 is 0 Å². The van der Waals surface area contributed by atoms with Crippen molar-refractivity contribution in [2.45, 2.75) is 38.6 Å². The second-order valence-corrected chi connectivity index (χ2v) is 6.36. The molecule has 1 aliphatic carbocycles. The summed E-state index contributed by atoms with van der Waals surface area (Å²) in [5.41, 5.74) is 2.15. The van der Waals surface area contributed by atoms with Gasteiger partial charge in [0.05, 0.1) is 0 Å². The lowest BCUT2D eigenvalue weighted by atomic mass is 9.97. The van der Waals surface area contributed by atoms with Crippen LogP contribution in [0.4, 0.5) is 10.2 Å². The predicted molar refractivity (Wildman–Crippen MR) is 99.3 cm³/mol. The van der Waals surface area contributed by atoms with Crippen molar-refractivity contribution in [1.82, 2.24) is 15.5 Å². The highest BCUT2D eigenvalue weighted by Crippen LogP contribution is 2.19. The van der Waals surface area contributed by atoms with Crippen molar-refractivity contribution in [1.29, 1.82) is 0 Å². The van der Waals surface area contributed by atoms with Gasteiger partial charge in [-0.2, -0.15) is 0 Å². The van der Waals surface area contributed by atoms with Gasteiger partial charge in [-0.3, -0.25) is 4.79 Å². The summed E-state index contributed by atoms with van der Waals surface area (Å²) in [5, 5.41) is 13.9. The molecule has 0 atom stereocenters. The first-order chi connectivity index (χ1) is 12.7. The molecule has 1 aromatic carbocycles. The maximum atomic E-state index is 13.6. The fourth-order valence-electron chi connectivity index (χ4n) is 2.94. The fourth-order valence-corrected chi connectivity index (χ4v) is 2.94. The molecule has 0 bridgehead atoms. The maximum absolute atomic E-state index is 13.6. The summed E-state index contributed by atoms with van der Waals surface area (Å²) >= 11 is 0. The molecule has 0 aliphatic heterocycles. The number of hydrogen-bond donors (Lipinski definition) is 2. The van der Waals surface area contributed by atoms with Crippen LogP contribution < -0.4 is 10.6 Å². The number of nitrogens with one attached hydrogen (secondary N) is 2. The molecule has 0 radical (unpaired) electrons. The molecule has 0 spiro atoms. The molecule has 6 heteroatoms. The van der Waals surface area contributed by atoms with E-state index in [1.165, 1.54) is 37.3 Å². The summed E-state index contributed by atoms with van der Waals surface area (Å²) in [6.45, 7) is 0.918. The Balaban J connectivity index is 1.46. The average molecular weight is 354 g/mol. The molecule has 1 heterocycles. The first-order valence-corrected chi connectivity index (χ1v) is 8.99. The number of carbonyl (C=O) groups is 1. The molecule has 0 fully saturated rings. The van der Waals surface area contributed by atoms with Crippen molar-refractivity contribution in [3.63, 3.8) is 0 Å². The van der Waals surface area contributed by atoms with Crippen LogP contribution in [-0.2, 0) is 6.54 Å². The lowest BCUT2D eigenvalue weighted by molar-refractivity contribution is 0.0944. The van der Waals surface area contributed by atoms with E-state index in [4.69, 9.17) is 0 Å². The topological polar surface area (TPSA) is 66.9 Å². The van der Waals surface area contributed by atoms with Crippen molar-refractivity contribution in [3.05, 3.63) is 65.1 Å². The Hall–Kier alpha value is -2.76. The van der Waals surface area contributed by atoms with Gasteiger partial charge in [0, 0.05) is 18.7 Å². The first-order valence-electron chi connectivity index (χ1n) is 8.99. The number of carbonyl (C=O) groups excluding carboxylic acids is 1. The van der Waals surface area contributed by atoms with E-state index in [2.05, 4.69) is 26.9 Å². The van der Waals surface area contributed by atoms with Gasteiger partial charge in [0.2, 0.25) is 0 Å². The van der Waals surface area contributed by atoms with Crippen LogP contribution in [-0.4, -0.2) is 22.6 Å². The molecular formula is C20H23FN4O. The molecular weight excluding hydrogens is 331 g/mol. The summed E-state index contributed by atoms with van der Waals surface area (Å²) in [5.74, 6) is -0.0711. The van der Waals surface area contributed by atoms with Crippen molar-refractivity contribution in [3.8, 4) is 0 Å². The zero-order valence-corrected chi connectivity index (χ0v) is 14.7. The monoisotopic (exact) mass is 354 g/mol. The van der Waals surface area contributed by atoms with Crippen molar-refractivity contribution in [2.75, 3.05) is 11.9 Å². The highest BCUT2D eigenvalue weighted by molar-refractivity contribution is 5.92. The van der Waals surface area contributed by atoms with Crippen LogP contribution in [0.15, 0.2) is 48.0 Å². The quantitative estimate of drug-likeness (QED) is 0.741. The van der Waals surface area contributed by atoms with Crippen LogP contribution >= 0.6 is 0 Å². The molecule has 2 aromatic rings. The molecule has 0 unspecified atom stereocenters. The highest BCUT2D eigenvalue weighted by Gasteiger charge is 2.09. The van der Waals surface area contributed by atoms with Crippen LogP contribution in [0.1, 0.15) is 48.2 Å². The van der Waals surface area contributed by atoms with E-state index in [9.17, 15) is 9.18 Å². The van der Waals surface area contributed by atoms with Crippen LogP contribution in [0.2, 0.25) is 0 Å². The van der Waals surface area contributed by atoms with Crippen LogP contribution in [0.5, 0.6) is 0 Å². The molecule has 2 N–H and O–H groups in total. The second kappa shape index (κ2) is 9.08. The largest absolute Gasteiger partial charge is 0.368 e. The number of nitrogens with zero attached hydrogens (tertiary/aromatic N) is 2. The molecule has 5 nitrogen and oxygen atoms in total. The smallest absolute Gasteiger partial charge is 0.272 e. The normalized spacial score (nSPS) is 13.8. The van der Waals surface area contributed by atoms with Gasteiger partial charge in [0.15, 0.2) is 5.69 Å². The number of amides is 1. The Morgan fingerprint density at radius 2 is 2.00 bits per heavy atom. The third kappa shape index (κ3) is 5.12. The van der Waals surface area contributed by atoms with Gasteiger partial charge in [-0.1, -0.05) is 29.8 Å². The number of halogens is 1. The van der Waals surface area contributed by atoms with Gasteiger partial charge in [-0.15, -0.1) is 10.2 Å². The minimum absolute atomic E-state index is 0.113. The number of anilines is 1. The van der Waals surface area contributed by atoms with Crippen molar-refractivity contribution < 1.29 is 9.18 Å². The Kier molecular flexibility index (Phi) is 6.30. The van der Waals surface area contributed by atoms with Crippen molar-refractivity contribution >= 4 is 11.7 Å². The number of aromatic nitrogens is 2. The van der Waals surface area contributed by atoms with E-state index >= 15 is 0 Å². The Morgan fingerprint density at radius 3 is 2.73 bits per heavy atom. The molecule has 0 saturated heterocycles. The van der Waals surface area contributed by atoms with Crippen LogP contribution in [0.25, 0.3) is 0 Å². The van der Waals surface area contributed by atoms with Crippen LogP contribution in [0.3, 0.4) is 0 Å². The molecule has 1 amide bonds. The van der Waals surface area contributed by atoms with Gasteiger partial charge in [0.1, 0.15) is 11.6 Å². The van der Waals surface area contributed by atoms with E-state index in [-0.39, 0.29) is 24.0 Å². The standard InChI is InChI=1S/C20H23FN4O/c21-17-9-5-4-8-16(17)14-23-20(26)18-10-11-19(25-24-18)22-13-12-15-6-2-1-3-7-15/h4-6,8-11H,1-3,7,12-14H2,(H,22,25)(H,23,26). The first kappa shape index (κ1) is 18.0. The van der Waals surface area contributed by atoms with E-state index in [1.54, 1.807) is 30.3 Å². The molecule has 1 aliphatic rings. The lowest BCUT2D eigenvalue weighted by Crippen LogP contribution is -2.24. The average Bonchev–Trinajstić information content (AvgIpc) is 2.68. The summed E-state index contributed by atoms with van der Waals surface area (Å²) in [6.07, 6.45) is 8.29. The van der Waals surface area contributed by atoms with E-state index in [1.807, 2.05) is 0 Å². The predicted octanol–water partition coefficient (Wildman–Crippen LogP) is 3.85. The van der Waals surface area contributed by atoms with Gasteiger partial charge in [0.25, 0.3) is 5.91 Å². The van der Waals surface area contributed by atoms with Gasteiger partial charge in [-0.05, 0) is 50.3 Å². The Bertz CT molecular complexity index is 774. The third-order valence-electron chi connectivity index (χ3n) is 4.43. The molecule has 3 rings (SSSR count). The number of benzene rings is 1. The van der Waals surface area contributed by atoms with Gasteiger partial charge < -0.3 is 10.6 Å². The zero-order valence-electron chi connectivity index (χ0n) is 14.7. The van der Waals surface area contributed by atoms with E-state index in [0.29, 0.717) is 11.4 Å². The minimum atomic E-state index is -0.375. The number of hydrogen-bond acceptors (Lipinski definition) is 4. The lowest BCUT2D eigenvalue weighted by Gasteiger charge is -2.13. The molecule has 1 aromatic heterocycles. The van der Waals surface area contributed by atoms with E-state index in [0.717, 1.165) is 13.0 Å². The molecule has 0 saturated carbocycles.